The molecule has 0 aliphatic carbocycles. The van der Waals surface area contributed by atoms with Crippen molar-refractivity contribution in [3.63, 3.8) is 0 Å². The SMILES string of the molecule is CCc1oc(C(=O)Nc2cccc(OCCS(C)(=O)=O)c2)cc1C(=O)O. The van der Waals surface area contributed by atoms with Crippen LogP contribution in [0.15, 0.2) is 34.7 Å². The molecule has 0 unspecified atom stereocenters. The summed E-state index contributed by atoms with van der Waals surface area (Å²) in [5.74, 6) is -1.37. The number of carbonyl (C=O) groups is 2. The van der Waals surface area contributed by atoms with E-state index in [0.717, 1.165) is 6.26 Å². The van der Waals surface area contributed by atoms with Gasteiger partial charge >= 0.3 is 5.97 Å². The number of hydrogen-bond donors (Lipinski definition) is 2. The number of sulfone groups is 1. The van der Waals surface area contributed by atoms with Crippen molar-refractivity contribution in [2.24, 2.45) is 0 Å². The first-order valence-corrected chi connectivity index (χ1v) is 9.83. The molecule has 2 N–H and O–H groups in total. The summed E-state index contributed by atoms with van der Waals surface area (Å²) in [4.78, 5) is 23.4. The Bertz CT molecular complexity index is 915. The molecule has 0 aliphatic heterocycles. The van der Waals surface area contributed by atoms with Gasteiger partial charge in [-0.2, -0.15) is 0 Å². The van der Waals surface area contributed by atoms with Crippen molar-refractivity contribution in [2.75, 3.05) is 23.9 Å². The quantitative estimate of drug-likeness (QED) is 0.718. The van der Waals surface area contributed by atoms with Gasteiger partial charge in [0, 0.05) is 30.5 Å². The summed E-state index contributed by atoms with van der Waals surface area (Å²) in [5, 5.41) is 11.7. The summed E-state index contributed by atoms with van der Waals surface area (Å²) < 4.78 is 32.9. The number of amides is 1. The van der Waals surface area contributed by atoms with Gasteiger partial charge in [-0.3, -0.25) is 4.79 Å². The third kappa shape index (κ3) is 5.35. The lowest BCUT2D eigenvalue weighted by Crippen LogP contribution is -2.13. The van der Waals surface area contributed by atoms with Gasteiger partial charge in [-0.05, 0) is 12.1 Å². The number of ether oxygens (including phenoxy) is 1. The van der Waals surface area contributed by atoms with E-state index in [-0.39, 0.29) is 29.4 Å². The monoisotopic (exact) mass is 381 g/mol. The molecule has 140 valence electrons. The molecule has 1 aromatic heterocycles. The Morgan fingerprint density at radius 3 is 2.58 bits per heavy atom. The molecule has 9 heteroatoms. The van der Waals surface area contributed by atoms with E-state index in [2.05, 4.69) is 5.32 Å². The fraction of sp³-hybridized carbons (Fsp3) is 0.294. The highest BCUT2D eigenvalue weighted by atomic mass is 32.2. The van der Waals surface area contributed by atoms with Crippen LogP contribution in [-0.2, 0) is 16.3 Å². The van der Waals surface area contributed by atoms with E-state index in [0.29, 0.717) is 17.9 Å². The third-order valence-corrected chi connectivity index (χ3v) is 4.31. The maximum absolute atomic E-state index is 12.3. The van der Waals surface area contributed by atoms with Crippen LogP contribution in [0.3, 0.4) is 0 Å². The zero-order chi connectivity index (χ0) is 19.3. The zero-order valence-electron chi connectivity index (χ0n) is 14.3. The van der Waals surface area contributed by atoms with Crippen molar-refractivity contribution in [3.05, 3.63) is 47.4 Å². The lowest BCUT2D eigenvalue weighted by molar-refractivity contribution is 0.0694. The van der Waals surface area contributed by atoms with Gasteiger partial charge in [0.25, 0.3) is 5.91 Å². The lowest BCUT2D eigenvalue weighted by Gasteiger charge is -2.08. The van der Waals surface area contributed by atoms with Gasteiger partial charge in [0.05, 0.1) is 5.75 Å². The first kappa shape index (κ1) is 19.5. The van der Waals surface area contributed by atoms with Crippen molar-refractivity contribution in [1.82, 2.24) is 0 Å². The minimum atomic E-state index is -3.13. The summed E-state index contributed by atoms with van der Waals surface area (Å²) in [7, 11) is -3.13. The standard InChI is InChI=1S/C17H19NO7S/c1-3-14-13(17(20)21)10-15(25-14)16(19)18-11-5-4-6-12(9-11)24-7-8-26(2,22)23/h4-6,9-10H,3,7-8H2,1-2H3,(H,18,19)(H,20,21). The van der Waals surface area contributed by atoms with E-state index in [1.54, 1.807) is 25.1 Å². The van der Waals surface area contributed by atoms with Crippen molar-refractivity contribution < 1.29 is 32.3 Å². The molecular formula is C17H19NO7S. The summed E-state index contributed by atoms with van der Waals surface area (Å²) in [6.07, 6.45) is 1.46. The molecule has 0 fully saturated rings. The smallest absolute Gasteiger partial charge is 0.339 e. The Labute approximate surface area is 150 Å². The molecule has 2 rings (SSSR count). The third-order valence-electron chi connectivity index (χ3n) is 3.40. The average Bonchev–Trinajstić information content (AvgIpc) is 2.99. The number of nitrogens with one attached hydrogen (secondary N) is 1. The normalized spacial score (nSPS) is 11.2. The topological polar surface area (TPSA) is 123 Å². The van der Waals surface area contributed by atoms with Crippen molar-refractivity contribution in [2.45, 2.75) is 13.3 Å². The highest BCUT2D eigenvalue weighted by Crippen LogP contribution is 2.21. The maximum Gasteiger partial charge on any atom is 0.339 e. The molecule has 0 saturated heterocycles. The van der Waals surface area contributed by atoms with E-state index in [4.69, 9.17) is 14.3 Å². The van der Waals surface area contributed by atoms with Crippen LogP contribution in [0.25, 0.3) is 0 Å². The van der Waals surface area contributed by atoms with Gasteiger partial charge in [-0.1, -0.05) is 13.0 Å². The predicted octanol–water partition coefficient (Wildman–Crippen LogP) is 2.22. The molecular weight excluding hydrogens is 362 g/mol. The Morgan fingerprint density at radius 1 is 1.27 bits per heavy atom. The van der Waals surface area contributed by atoms with Crippen LogP contribution in [0, 0.1) is 0 Å². The second-order valence-electron chi connectivity index (χ2n) is 5.57. The van der Waals surface area contributed by atoms with E-state index in [1.807, 2.05) is 0 Å². The van der Waals surface area contributed by atoms with E-state index >= 15 is 0 Å². The fourth-order valence-electron chi connectivity index (χ4n) is 2.15. The predicted molar refractivity (Wildman–Crippen MR) is 94.6 cm³/mol. The number of aryl methyl sites for hydroxylation is 1. The van der Waals surface area contributed by atoms with Crippen LogP contribution in [-0.4, -0.2) is 44.0 Å². The van der Waals surface area contributed by atoms with Crippen LogP contribution in [0.2, 0.25) is 0 Å². The molecule has 8 nitrogen and oxygen atoms in total. The molecule has 0 saturated carbocycles. The Kier molecular flexibility index (Phi) is 6.04. The van der Waals surface area contributed by atoms with Crippen LogP contribution in [0.4, 0.5) is 5.69 Å². The summed E-state index contributed by atoms with van der Waals surface area (Å²) in [6, 6.07) is 7.59. The largest absolute Gasteiger partial charge is 0.492 e. The molecule has 0 radical (unpaired) electrons. The number of aromatic carboxylic acids is 1. The summed E-state index contributed by atoms with van der Waals surface area (Å²) in [5.41, 5.74) is 0.355. The molecule has 1 aromatic carbocycles. The average molecular weight is 381 g/mol. The Hall–Kier alpha value is -2.81. The van der Waals surface area contributed by atoms with Crippen molar-refractivity contribution in [1.29, 1.82) is 0 Å². The number of anilines is 1. The van der Waals surface area contributed by atoms with Gasteiger partial charge in [0.2, 0.25) is 0 Å². The second-order valence-corrected chi connectivity index (χ2v) is 7.83. The molecule has 0 bridgehead atoms. The number of carboxylic acid groups (broad SMARTS) is 1. The van der Waals surface area contributed by atoms with Gasteiger partial charge < -0.3 is 19.6 Å². The first-order chi connectivity index (χ1) is 12.2. The van der Waals surface area contributed by atoms with Gasteiger partial charge in [-0.25, -0.2) is 13.2 Å². The van der Waals surface area contributed by atoms with Gasteiger partial charge in [0.1, 0.15) is 23.7 Å². The van der Waals surface area contributed by atoms with Crippen LogP contribution < -0.4 is 10.1 Å². The first-order valence-electron chi connectivity index (χ1n) is 7.77. The molecule has 0 atom stereocenters. The number of benzene rings is 1. The number of rotatable bonds is 8. The highest BCUT2D eigenvalue weighted by Gasteiger charge is 2.20. The van der Waals surface area contributed by atoms with Crippen LogP contribution in [0.1, 0.15) is 33.6 Å². The van der Waals surface area contributed by atoms with E-state index < -0.39 is 21.7 Å². The Balaban J connectivity index is 2.07. The van der Waals surface area contributed by atoms with Gasteiger partial charge in [-0.15, -0.1) is 0 Å². The van der Waals surface area contributed by atoms with Gasteiger partial charge in [0.15, 0.2) is 15.6 Å². The van der Waals surface area contributed by atoms with Crippen molar-refractivity contribution >= 4 is 27.4 Å². The van der Waals surface area contributed by atoms with Crippen molar-refractivity contribution in [3.8, 4) is 5.75 Å². The number of furan rings is 1. The van der Waals surface area contributed by atoms with E-state index in [1.165, 1.54) is 12.1 Å². The number of carboxylic acids is 1. The minimum Gasteiger partial charge on any atom is -0.492 e. The molecule has 1 amide bonds. The molecule has 1 heterocycles. The maximum atomic E-state index is 12.3. The van der Waals surface area contributed by atoms with Crippen LogP contribution in [0.5, 0.6) is 5.75 Å². The Morgan fingerprint density at radius 2 is 2.00 bits per heavy atom. The fourth-order valence-corrected chi connectivity index (χ4v) is 2.54. The van der Waals surface area contributed by atoms with E-state index in [9.17, 15) is 18.0 Å². The lowest BCUT2D eigenvalue weighted by atomic mass is 10.2. The second kappa shape index (κ2) is 8.05. The number of hydrogen-bond acceptors (Lipinski definition) is 6. The molecule has 0 aliphatic rings. The number of carbonyl (C=O) groups excluding carboxylic acids is 1. The molecule has 2 aromatic rings. The van der Waals surface area contributed by atoms with Crippen LogP contribution >= 0.6 is 0 Å². The molecule has 0 spiro atoms. The highest BCUT2D eigenvalue weighted by molar-refractivity contribution is 7.90. The summed E-state index contributed by atoms with van der Waals surface area (Å²) >= 11 is 0. The zero-order valence-corrected chi connectivity index (χ0v) is 15.1. The molecule has 26 heavy (non-hydrogen) atoms. The summed E-state index contributed by atoms with van der Waals surface area (Å²) in [6.45, 7) is 1.72. The minimum absolute atomic E-state index is 0.00372.